The summed E-state index contributed by atoms with van der Waals surface area (Å²) < 4.78 is 28.6. The van der Waals surface area contributed by atoms with Crippen molar-refractivity contribution < 1.29 is 37.5 Å². The molecule has 0 aliphatic rings. The predicted molar refractivity (Wildman–Crippen MR) is 55.7 cm³/mol. The number of hydrogen-bond donors (Lipinski definition) is 4. The molecule has 1 heterocycles. The number of aromatic nitrogens is 1. The van der Waals surface area contributed by atoms with Crippen molar-refractivity contribution in [3.63, 3.8) is 0 Å². The Bertz CT molecular complexity index is 514. The van der Waals surface area contributed by atoms with Gasteiger partial charge in [-0.1, -0.05) is 0 Å². The van der Waals surface area contributed by atoms with Crippen molar-refractivity contribution in [3.8, 4) is 0 Å². The van der Waals surface area contributed by atoms with Crippen LogP contribution in [0.15, 0.2) is 24.5 Å². The number of carbonyl (C=O) groups excluding carboxylic acids is 1. The van der Waals surface area contributed by atoms with E-state index in [0.29, 0.717) is 0 Å². The molecule has 4 N–H and O–H groups in total. The third-order valence-corrected chi connectivity index (χ3v) is 3.39. The summed E-state index contributed by atoms with van der Waals surface area (Å²) in [5.41, 5.74) is 1.51. The van der Waals surface area contributed by atoms with Gasteiger partial charge in [0.05, 0.1) is 5.56 Å². The number of nitrogens with zero attached hydrogens (tertiary/aromatic N) is 1. The fourth-order valence-electron chi connectivity index (χ4n) is 0.806. The van der Waals surface area contributed by atoms with Crippen LogP contribution < -0.4 is 5.48 Å². The van der Waals surface area contributed by atoms with Gasteiger partial charge in [0.15, 0.2) is 0 Å². The highest BCUT2D eigenvalue weighted by Gasteiger charge is 2.33. The van der Waals surface area contributed by atoms with Crippen molar-refractivity contribution in [2.24, 2.45) is 0 Å². The largest absolute Gasteiger partial charge is 0.502 e. The van der Waals surface area contributed by atoms with Gasteiger partial charge in [-0.15, -0.1) is 0 Å². The molecule has 1 rings (SSSR count). The van der Waals surface area contributed by atoms with E-state index in [1.807, 2.05) is 0 Å². The lowest BCUT2D eigenvalue weighted by Crippen LogP contribution is -2.22. The average Bonchev–Trinajstić information content (AvgIpc) is 2.24. The average molecular weight is 298 g/mol. The molecule has 0 spiro atoms. The maximum absolute atomic E-state index is 11.3. The number of hydroxylamine groups is 1. The molecule has 1 aromatic rings. The van der Waals surface area contributed by atoms with Gasteiger partial charge in [0.1, 0.15) is 0 Å². The molecule has 1 aromatic heterocycles. The first-order chi connectivity index (χ1) is 8.20. The zero-order chi connectivity index (χ0) is 13.8. The van der Waals surface area contributed by atoms with Crippen LogP contribution in [0.1, 0.15) is 10.4 Å². The second-order valence-electron chi connectivity index (χ2n) is 2.80. The molecule has 0 saturated carbocycles. The zero-order valence-electron chi connectivity index (χ0n) is 8.53. The molecular weight excluding hydrogens is 290 g/mol. The number of carbonyl (C=O) groups is 1. The van der Waals surface area contributed by atoms with E-state index in [1.165, 1.54) is 23.8 Å². The molecule has 0 aliphatic heterocycles. The number of phosphoric acid groups is 2. The van der Waals surface area contributed by atoms with Crippen molar-refractivity contribution in [1.29, 1.82) is 0 Å². The van der Waals surface area contributed by atoms with Gasteiger partial charge < -0.3 is 14.7 Å². The summed E-state index contributed by atoms with van der Waals surface area (Å²) in [5, 5.41) is 0. The monoisotopic (exact) mass is 298 g/mol. The molecule has 1 unspecified atom stereocenters. The zero-order valence-corrected chi connectivity index (χ0v) is 10.3. The summed E-state index contributed by atoms with van der Waals surface area (Å²) in [6, 6.07) is 2.76. The van der Waals surface area contributed by atoms with Gasteiger partial charge in [-0.2, -0.15) is 8.94 Å². The number of rotatable bonds is 5. The van der Waals surface area contributed by atoms with Crippen LogP contribution in [0.5, 0.6) is 0 Å². The Morgan fingerprint density at radius 1 is 1.33 bits per heavy atom. The summed E-state index contributed by atoms with van der Waals surface area (Å²) in [6.45, 7) is 0. The quantitative estimate of drug-likeness (QED) is 0.432. The molecule has 0 saturated heterocycles. The molecule has 0 fully saturated rings. The summed E-state index contributed by atoms with van der Waals surface area (Å²) in [7, 11) is -10.3. The molecule has 1 amide bonds. The number of amides is 1. The first-order valence-corrected chi connectivity index (χ1v) is 7.21. The van der Waals surface area contributed by atoms with Crippen molar-refractivity contribution >= 4 is 21.6 Å². The van der Waals surface area contributed by atoms with E-state index in [1.54, 1.807) is 0 Å². The van der Waals surface area contributed by atoms with E-state index in [-0.39, 0.29) is 5.56 Å². The molecule has 0 bridgehead atoms. The maximum Gasteiger partial charge on any atom is 0.502 e. The Hall–Kier alpha value is -1.12. The van der Waals surface area contributed by atoms with Crippen molar-refractivity contribution in [3.05, 3.63) is 30.1 Å². The third-order valence-electron chi connectivity index (χ3n) is 1.39. The Morgan fingerprint density at radius 2 is 2.00 bits per heavy atom. The third kappa shape index (κ3) is 5.48. The number of nitrogens with one attached hydrogen (secondary N) is 1. The van der Waals surface area contributed by atoms with Crippen molar-refractivity contribution in [2.45, 2.75) is 0 Å². The van der Waals surface area contributed by atoms with E-state index in [0.717, 1.165) is 6.20 Å². The Morgan fingerprint density at radius 3 is 2.50 bits per heavy atom. The van der Waals surface area contributed by atoms with Gasteiger partial charge in [0.2, 0.25) is 0 Å². The number of hydrogen-bond acceptors (Lipinski definition) is 6. The number of pyridine rings is 1. The lowest BCUT2D eigenvalue weighted by atomic mass is 10.3. The Kier molecular flexibility index (Phi) is 4.71. The van der Waals surface area contributed by atoms with Crippen LogP contribution in [0.25, 0.3) is 0 Å². The maximum atomic E-state index is 11.3. The fourth-order valence-corrected chi connectivity index (χ4v) is 2.21. The topological polar surface area (TPSA) is 155 Å². The molecule has 18 heavy (non-hydrogen) atoms. The van der Waals surface area contributed by atoms with Gasteiger partial charge in [-0.05, 0) is 12.1 Å². The molecule has 1 atom stereocenters. The molecular formula is C6H8N2O8P2. The lowest BCUT2D eigenvalue weighted by molar-refractivity contribution is 0.0659. The molecule has 10 nitrogen and oxygen atoms in total. The van der Waals surface area contributed by atoms with Gasteiger partial charge in [0, 0.05) is 12.4 Å². The van der Waals surface area contributed by atoms with Crippen LogP contribution in [-0.4, -0.2) is 25.6 Å². The van der Waals surface area contributed by atoms with Crippen molar-refractivity contribution in [2.75, 3.05) is 0 Å². The first-order valence-electron chi connectivity index (χ1n) is 4.18. The SMILES string of the molecule is O=C(NOP(=O)(O)OP(=O)(O)O)c1cccnc1. The lowest BCUT2D eigenvalue weighted by Gasteiger charge is -2.12. The minimum absolute atomic E-state index is 0.00804. The predicted octanol–water partition coefficient (Wildman–Crippen LogP) is -0.0473. The van der Waals surface area contributed by atoms with E-state index < -0.39 is 21.6 Å². The summed E-state index contributed by atoms with van der Waals surface area (Å²) in [4.78, 5) is 40.3. The van der Waals surface area contributed by atoms with Crippen molar-refractivity contribution in [1.82, 2.24) is 10.5 Å². The highest BCUT2D eigenvalue weighted by atomic mass is 31.3. The molecule has 0 radical (unpaired) electrons. The Labute approximate surface area is 100 Å². The van der Waals surface area contributed by atoms with Crippen LogP contribution in [0.2, 0.25) is 0 Å². The van der Waals surface area contributed by atoms with E-state index in [4.69, 9.17) is 14.7 Å². The molecule has 0 aromatic carbocycles. The summed E-state index contributed by atoms with van der Waals surface area (Å²) >= 11 is 0. The van der Waals surface area contributed by atoms with Crippen LogP contribution in [0.4, 0.5) is 0 Å². The summed E-state index contributed by atoms with van der Waals surface area (Å²) in [6.07, 6.45) is 2.54. The molecule has 0 aliphatic carbocycles. The minimum Gasteiger partial charge on any atom is -0.302 e. The minimum atomic E-state index is -5.22. The van der Waals surface area contributed by atoms with Gasteiger partial charge in [-0.25, -0.2) is 14.6 Å². The highest BCUT2D eigenvalue weighted by molar-refractivity contribution is 7.60. The van der Waals surface area contributed by atoms with Crippen LogP contribution >= 0.6 is 15.6 Å². The van der Waals surface area contributed by atoms with Gasteiger partial charge in [-0.3, -0.25) is 9.78 Å². The fraction of sp³-hybridized carbons (Fsp3) is 0. The van der Waals surface area contributed by atoms with Crippen LogP contribution in [0.3, 0.4) is 0 Å². The smallest absolute Gasteiger partial charge is 0.302 e. The van der Waals surface area contributed by atoms with Crippen LogP contribution in [-0.2, 0) is 18.1 Å². The normalized spacial score (nSPS) is 14.8. The summed E-state index contributed by atoms with van der Waals surface area (Å²) in [5.74, 6) is -0.938. The van der Waals surface area contributed by atoms with E-state index in [2.05, 4.69) is 13.9 Å². The van der Waals surface area contributed by atoms with E-state index in [9.17, 15) is 13.9 Å². The van der Waals surface area contributed by atoms with Gasteiger partial charge >= 0.3 is 15.6 Å². The Balaban J connectivity index is 2.58. The molecule has 100 valence electrons. The highest BCUT2D eigenvalue weighted by Crippen LogP contribution is 2.56. The van der Waals surface area contributed by atoms with Crippen LogP contribution in [0, 0.1) is 0 Å². The second kappa shape index (κ2) is 5.68. The van der Waals surface area contributed by atoms with Gasteiger partial charge in [0.25, 0.3) is 5.91 Å². The first kappa shape index (κ1) is 14.9. The van der Waals surface area contributed by atoms with E-state index >= 15 is 0 Å². The molecule has 12 heteroatoms. The standard InChI is InChI=1S/C6H8N2O8P2/c9-6(5-2-1-3-7-4-5)8-15-18(13,14)16-17(10,11)12/h1-4H,(H,8,9)(H,13,14)(H2,10,11,12). The second-order valence-corrected chi connectivity index (χ2v) is 5.56.